The van der Waals surface area contributed by atoms with Crippen molar-refractivity contribution in [2.45, 2.75) is 0 Å². The molecule has 1 aliphatic rings. The van der Waals surface area contributed by atoms with Crippen molar-refractivity contribution in [3.63, 3.8) is 0 Å². The Balaban J connectivity index is 2.34. The van der Waals surface area contributed by atoms with Gasteiger partial charge in [0.05, 0.1) is 5.88 Å². The topological polar surface area (TPSA) is 46.6 Å². The first-order valence-electron chi connectivity index (χ1n) is 3.88. The van der Waals surface area contributed by atoms with Crippen LogP contribution in [-0.2, 0) is 14.3 Å². The summed E-state index contributed by atoms with van der Waals surface area (Å²) in [5.74, 6) is 1.55. The Kier molecular flexibility index (Phi) is 4.26. The van der Waals surface area contributed by atoms with Gasteiger partial charge >= 0.3 is 11.9 Å². The molecule has 76 valence electrons. The number of halogens is 1. The van der Waals surface area contributed by atoms with Crippen LogP contribution in [0.2, 0.25) is 0 Å². The van der Waals surface area contributed by atoms with Gasteiger partial charge in [-0.05, 0) is 5.92 Å². The summed E-state index contributed by atoms with van der Waals surface area (Å²) in [5.41, 5.74) is 0. The highest BCUT2D eigenvalue weighted by molar-refractivity contribution is 7.99. The third-order valence-corrected chi connectivity index (χ3v) is 2.52. The molecule has 0 radical (unpaired) electrons. The second kappa shape index (κ2) is 5.50. The third kappa shape index (κ3) is 2.92. The summed E-state index contributed by atoms with van der Waals surface area (Å²) in [6.07, 6.45) is 1.08. The van der Waals surface area contributed by atoms with Crippen molar-refractivity contribution in [1.82, 2.24) is 4.90 Å². The van der Waals surface area contributed by atoms with Gasteiger partial charge in [0.25, 0.3) is 0 Å². The van der Waals surface area contributed by atoms with Crippen LogP contribution in [0.25, 0.3) is 0 Å². The van der Waals surface area contributed by atoms with E-state index in [2.05, 4.69) is 4.74 Å². The van der Waals surface area contributed by atoms with E-state index in [0.717, 1.165) is 11.9 Å². The van der Waals surface area contributed by atoms with Crippen LogP contribution < -0.4 is 0 Å². The molecule has 1 aliphatic heterocycles. The van der Waals surface area contributed by atoms with Crippen molar-refractivity contribution in [2.24, 2.45) is 0 Å². The van der Waals surface area contributed by atoms with Crippen molar-refractivity contribution in [1.29, 1.82) is 0 Å². The smallest absolute Gasteiger partial charge is 0.398 e. The molecule has 0 spiro atoms. The van der Waals surface area contributed by atoms with E-state index >= 15 is 0 Å². The molecular weight excluding hydrogens is 209 g/mol. The molecule has 0 unspecified atom stereocenters. The summed E-state index contributed by atoms with van der Waals surface area (Å²) in [5, 5.41) is 0. The fraction of sp³-hybridized carbons (Fsp3) is 0.500. The van der Waals surface area contributed by atoms with E-state index in [9.17, 15) is 14.0 Å². The average Bonchev–Trinajstić information content (AvgIpc) is 2.69. The minimum absolute atomic E-state index is 0.387. The highest BCUT2D eigenvalue weighted by Crippen LogP contribution is 2.13. The van der Waals surface area contributed by atoms with Crippen LogP contribution in [-0.4, -0.2) is 41.6 Å². The fourth-order valence-corrected chi connectivity index (χ4v) is 1.84. The number of rotatable bonds is 1. The zero-order chi connectivity index (χ0) is 10.4. The van der Waals surface area contributed by atoms with Crippen molar-refractivity contribution < 1.29 is 18.7 Å². The number of nitrogens with zero attached hydrogens (tertiary/aromatic N) is 1. The van der Waals surface area contributed by atoms with Crippen molar-refractivity contribution >= 4 is 23.6 Å². The first kappa shape index (κ1) is 10.9. The van der Waals surface area contributed by atoms with Gasteiger partial charge in [0.15, 0.2) is 6.61 Å². The summed E-state index contributed by atoms with van der Waals surface area (Å²) in [4.78, 5) is 23.6. The maximum absolute atomic E-state index is 11.3. The van der Waals surface area contributed by atoms with Gasteiger partial charge in [-0.3, -0.25) is 4.79 Å². The molecule has 6 heteroatoms. The predicted molar refractivity (Wildman–Crippen MR) is 48.9 cm³/mol. The van der Waals surface area contributed by atoms with Gasteiger partial charge in [0.1, 0.15) is 6.17 Å². The van der Waals surface area contributed by atoms with Gasteiger partial charge in [-0.1, -0.05) is 0 Å². The highest BCUT2D eigenvalue weighted by Gasteiger charge is 2.25. The van der Waals surface area contributed by atoms with E-state index < -0.39 is 11.9 Å². The lowest BCUT2D eigenvalue weighted by Crippen LogP contribution is -2.35. The summed E-state index contributed by atoms with van der Waals surface area (Å²) in [6.45, 7) is 0.162. The van der Waals surface area contributed by atoms with E-state index in [1.165, 1.54) is 4.90 Å². The molecule has 14 heavy (non-hydrogen) atoms. The minimum Gasteiger partial charge on any atom is -0.445 e. The Labute approximate surface area is 84.8 Å². The number of esters is 1. The maximum atomic E-state index is 11.3. The molecule has 1 heterocycles. The van der Waals surface area contributed by atoms with Gasteiger partial charge in [-0.15, -0.1) is 16.2 Å². The normalized spacial score (nSPS) is 14.5. The van der Waals surface area contributed by atoms with E-state index in [1.54, 1.807) is 11.8 Å². The molecule has 4 nitrogen and oxygen atoms in total. The van der Waals surface area contributed by atoms with Gasteiger partial charge in [-0.25, -0.2) is 4.79 Å². The lowest BCUT2D eigenvalue weighted by Gasteiger charge is -2.11. The Bertz CT molecular complexity index is 291. The van der Waals surface area contributed by atoms with E-state index in [1.807, 2.05) is 5.92 Å². The number of amides is 1. The molecule has 1 saturated heterocycles. The Morgan fingerprint density at radius 2 is 2.36 bits per heavy atom. The van der Waals surface area contributed by atoms with E-state index in [-0.39, 0.29) is 6.61 Å². The van der Waals surface area contributed by atoms with E-state index in [0.29, 0.717) is 12.4 Å². The SMILES string of the molecule is O=C(OCC#CF)C(=O)N1CCSC1. The molecule has 0 saturated carbocycles. The fourth-order valence-electron chi connectivity index (χ4n) is 0.894. The maximum Gasteiger partial charge on any atom is 0.398 e. The second-order valence-electron chi connectivity index (χ2n) is 2.45. The van der Waals surface area contributed by atoms with Gasteiger partial charge in [0.2, 0.25) is 0 Å². The van der Waals surface area contributed by atoms with Crippen LogP contribution in [0.15, 0.2) is 0 Å². The summed E-state index contributed by atoms with van der Waals surface area (Å²) in [7, 11) is 0. The van der Waals surface area contributed by atoms with Gasteiger partial charge in [0, 0.05) is 12.3 Å². The minimum atomic E-state index is -0.977. The molecule has 0 aromatic carbocycles. The Morgan fingerprint density at radius 1 is 1.57 bits per heavy atom. The molecular formula is C8H8FNO3S. The number of thioether (sulfide) groups is 1. The van der Waals surface area contributed by atoms with Crippen LogP contribution in [0.5, 0.6) is 0 Å². The van der Waals surface area contributed by atoms with Crippen LogP contribution in [0.1, 0.15) is 0 Å². The quantitative estimate of drug-likeness (QED) is 0.352. The lowest BCUT2D eigenvalue weighted by atomic mass is 10.5. The lowest BCUT2D eigenvalue weighted by molar-refractivity contribution is -0.158. The van der Waals surface area contributed by atoms with Gasteiger partial charge < -0.3 is 9.64 Å². The highest BCUT2D eigenvalue weighted by atomic mass is 32.2. The molecule has 0 N–H and O–H groups in total. The molecule has 1 rings (SSSR count). The number of hydrogen-bond donors (Lipinski definition) is 0. The van der Waals surface area contributed by atoms with Crippen molar-refractivity contribution in [3.8, 4) is 12.1 Å². The van der Waals surface area contributed by atoms with Crippen molar-refractivity contribution in [3.05, 3.63) is 0 Å². The molecule has 1 amide bonds. The van der Waals surface area contributed by atoms with Crippen LogP contribution >= 0.6 is 11.8 Å². The third-order valence-electron chi connectivity index (χ3n) is 1.56. The number of carbonyl (C=O) groups is 2. The van der Waals surface area contributed by atoms with Crippen LogP contribution in [0.3, 0.4) is 0 Å². The van der Waals surface area contributed by atoms with Crippen LogP contribution in [0.4, 0.5) is 4.39 Å². The molecule has 1 fully saturated rings. The second-order valence-corrected chi connectivity index (χ2v) is 3.53. The summed E-state index contributed by atoms with van der Waals surface area (Å²) in [6, 6.07) is 0. The van der Waals surface area contributed by atoms with Crippen LogP contribution in [0, 0.1) is 12.1 Å². The van der Waals surface area contributed by atoms with Crippen molar-refractivity contribution in [2.75, 3.05) is 24.8 Å². The molecule has 0 aromatic heterocycles. The molecule has 0 bridgehead atoms. The number of hydrogen-bond acceptors (Lipinski definition) is 4. The first-order chi connectivity index (χ1) is 6.75. The zero-order valence-electron chi connectivity index (χ0n) is 7.29. The molecule has 0 atom stereocenters. The average molecular weight is 217 g/mol. The number of carbonyl (C=O) groups excluding carboxylic acids is 2. The Morgan fingerprint density at radius 3 is 2.93 bits per heavy atom. The number of ether oxygens (including phenoxy) is 1. The summed E-state index contributed by atoms with van der Waals surface area (Å²) >= 11 is 1.57. The molecule has 0 aliphatic carbocycles. The first-order valence-corrected chi connectivity index (χ1v) is 5.03. The molecule has 0 aromatic rings. The predicted octanol–water partition coefficient (Wildman–Crippen LogP) is -0.00710. The largest absolute Gasteiger partial charge is 0.445 e. The standard InChI is InChI=1S/C8H8FNO3S/c9-2-1-4-13-8(12)7(11)10-3-5-14-6-10/h3-6H2. The van der Waals surface area contributed by atoms with Gasteiger partial charge in [-0.2, -0.15) is 0 Å². The Hall–Kier alpha value is -1.22. The summed E-state index contributed by atoms with van der Waals surface area (Å²) < 4.78 is 15.7. The van der Waals surface area contributed by atoms with E-state index in [4.69, 9.17) is 0 Å². The zero-order valence-corrected chi connectivity index (χ0v) is 8.10. The monoisotopic (exact) mass is 217 g/mol.